The van der Waals surface area contributed by atoms with E-state index < -0.39 is 6.10 Å². The lowest BCUT2D eigenvalue weighted by Crippen LogP contribution is -2.49. The van der Waals surface area contributed by atoms with Gasteiger partial charge in [-0.3, -0.25) is 9.59 Å². The van der Waals surface area contributed by atoms with Crippen LogP contribution in [-0.4, -0.2) is 41.3 Å². The summed E-state index contributed by atoms with van der Waals surface area (Å²) >= 11 is 0. The van der Waals surface area contributed by atoms with Crippen molar-refractivity contribution in [3.8, 4) is 0 Å². The van der Waals surface area contributed by atoms with E-state index in [0.29, 0.717) is 18.4 Å². The average Bonchev–Trinajstić information content (AvgIpc) is 3.38. The molecule has 2 bridgehead atoms. The van der Waals surface area contributed by atoms with Gasteiger partial charge in [-0.25, -0.2) is 0 Å². The van der Waals surface area contributed by atoms with Crippen molar-refractivity contribution in [1.82, 2.24) is 0 Å². The quantitative estimate of drug-likeness (QED) is 0.397. The van der Waals surface area contributed by atoms with E-state index >= 15 is 0 Å². The van der Waals surface area contributed by atoms with E-state index in [9.17, 15) is 9.59 Å². The highest BCUT2D eigenvalue weighted by molar-refractivity contribution is 5.96. The number of hydrogen-bond acceptors (Lipinski definition) is 5. The highest BCUT2D eigenvalue weighted by atomic mass is 16.6. The number of hydrogen-bond donors (Lipinski definition) is 0. The molecule has 4 fully saturated rings. The van der Waals surface area contributed by atoms with Gasteiger partial charge < -0.3 is 14.2 Å². The molecule has 2 aliphatic heterocycles. The minimum Gasteiger partial charge on any atom is -0.462 e. The van der Waals surface area contributed by atoms with E-state index in [2.05, 4.69) is 34.3 Å². The Balaban J connectivity index is 1.72. The number of epoxide rings is 2. The van der Waals surface area contributed by atoms with E-state index in [1.165, 1.54) is 6.92 Å². The van der Waals surface area contributed by atoms with Gasteiger partial charge in [0.1, 0.15) is 6.10 Å². The molecule has 0 amide bonds. The summed E-state index contributed by atoms with van der Waals surface area (Å²) in [5, 5.41) is 0. The third-order valence-electron chi connectivity index (χ3n) is 7.79. The zero-order valence-corrected chi connectivity index (χ0v) is 17.2. The van der Waals surface area contributed by atoms with E-state index in [1.807, 2.05) is 0 Å². The van der Waals surface area contributed by atoms with Gasteiger partial charge in [-0.05, 0) is 50.0 Å². The number of fused-ring (bicyclic) bond motifs is 4. The van der Waals surface area contributed by atoms with Crippen LogP contribution in [0.2, 0.25) is 0 Å². The first kappa shape index (κ1) is 19.1. The van der Waals surface area contributed by atoms with Crippen molar-refractivity contribution < 1.29 is 23.8 Å². The van der Waals surface area contributed by atoms with Crippen LogP contribution < -0.4 is 0 Å². The van der Waals surface area contributed by atoms with E-state index in [0.717, 1.165) is 19.3 Å². The summed E-state index contributed by atoms with van der Waals surface area (Å²) in [6.07, 6.45) is 3.85. The highest BCUT2D eigenvalue weighted by Gasteiger charge is 2.62. The SMILES string of the molecule is C=C1C(=O)C[C@H]2CC3O[C@@]3(C)CCC3O[C@@]3(C)C[C@@H](OC(C)=O)[C@H]1C2(C)C. The van der Waals surface area contributed by atoms with Crippen molar-refractivity contribution in [2.45, 2.75) is 96.2 Å². The maximum absolute atomic E-state index is 12.8. The first-order chi connectivity index (χ1) is 12.5. The van der Waals surface area contributed by atoms with Gasteiger partial charge in [-0.2, -0.15) is 0 Å². The molecule has 5 nitrogen and oxygen atoms in total. The van der Waals surface area contributed by atoms with Crippen LogP contribution in [0, 0.1) is 17.3 Å². The lowest BCUT2D eigenvalue weighted by Gasteiger charge is -2.48. The highest BCUT2D eigenvalue weighted by Crippen LogP contribution is 2.57. The third-order valence-corrected chi connectivity index (χ3v) is 7.79. The number of Topliss-reactive ketones (excluding diaryl/α,β-unsaturated/α-hetero) is 1. The van der Waals surface area contributed by atoms with E-state index in [-0.39, 0.29) is 52.4 Å². The van der Waals surface area contributed by atoms with Crippen LogP contribution in [0.15, 0.2) is 12.2 Å². The van der Waals surface area contributed by atoms with Crippen molar-refractivity contribution in [3.63, 3.8) is 0 Å². The predicted molar refractivity (Wildman–Crippen MR) is 100 cm³/mol. The average molecular weight is 376 g/mol. The molecule has 4 rings (SSSR count). The molecular weight excluding hydrogens is 344 g/mol. The topological polar surface area (TPSA) is 68.4 Å². The van der Waals surface area contributed by atoms with Gasteiger partial charge in [0, 0.05) is 25.7 Å². The van der Waals surface area contributed by atoms with Gasteiger partial charge in [0.05, 0.1) is 23.4 Å². The molecule has 27 heavy (non-hydrogen) atoms. The molecule has 2 saturated heterocycles. The summed E-state index contributed by atoms with van der Waals surface area (Å²) in [6.45, 7) is 14.2. The second kappa shape index (κ2) is 5.90. The first-order valence-electron chi connectivity index (χ1n) is 10.2. The molecular formula is C22H32O5. The molecule has 0 aromatic carbocycles. The van der Waals surface area contributed by atoms with E-state index in [4.69, 9.17) is 14.2 Å². The van der Waals surface area contributed by atoms with Crippen LogP contribution in [0.25, 0.3) is 0 Å². The summed E-state index contributed by atoms with van der Waals surface area (Å²) in [5.74, 6) is -0.226. The number of carbonyl (C=O) groups excluding carboxylic acids is 2. The molecule has 150 valence electrons. The smallest absolute Gasteiger partial charge is 0.302 e. The normalized spacial score (nSPS) is 48.4. The molecule has 2 saturated carbocycles. The Hall–Kier alpha value is -1.20. The van der Waals surface area contributed by atoms with Crippen LogP contribution in [0.5, 0.6) is 0 Å². The predicted octanol–water partition coefficient (Wildman–Crippen LogP) is 3.59. The van der Waals surface area contributed by atoms with Crippen LogP contribution in [0.1, 0.15) is 66.7 Å². The van der Waals surface area contributed by atoms with Crippen molar-refractivity contribution in [2.24, 2.45) is 17.3 Å². The van der Waals surface area contributed by atoms with Crippen molar-refractivity contribution in [2.75, 3.05) is 0 Å². The van der Waals surface area contributed by atoms with Gasteiger partial charge in [0.15, 0.2) is 5.78 Å². The summed E-state index contributed by atoms with van der Waals surface area (Å²) in [7, 11) is 0. The number of ketones is 1. The van der Waals surface area contributed by atoms with Crippen LogP contribution in [-0.2, 0) is 23.8 Å². The minimum atomic E-state index is -0.391. The molecule has 5 heteroatoms. The Kier molecular flexibility index (Phi) is 4.18. The lowest BCUT2D eigenvalue weighted by atomic mass is 9.56. The van der Waals surface area contributed by atoms with Gasteiger partial charge in [0.2, 0.25) is 0 Å². The minimum absolute atomic E-state index is 0.0928. The van der Waals surface area contributed by atoms with Crippen LogP contribution in [0.3, 0.4) is 0 Å². The van der Waals surface area contributed by atoms with Gasteiger partial charge in [-0.1, -0.05) is 20.4 Å². The molecule has 0 aromatic heterocycles. The number of esters is 1. The second-order valence-electron chi connectivity index (χ2n) is 10.1. The van der Waals surface area contributed by atoms with E-state index in [1.54, 1.807) is 0 Å². The summed E-state index contributed by atoms with van der Waals surface area (Å²) in [6, 6.07) is 0. The van der Waals surface area contributed by atoms with Crippen molar-refractivity contribution in [1.29, 1.82) is 0 Å². The fourth-order valence-electron chi connectivity index (χ4n) is 5.74. The van der Waals surface area contributed by atoms with Crippen LogP contribution in [0.4, 0.5) is 0 Å². The Morgan fingerprint density at radius 2 is 1.81 bits per heavy atom. The Morgan fingerprint density at radius 1 is 1.15 bits per heavy atom. The fourth-order valence-corrected chi connectivity index (χ4v) is 5.74. The standard InChI is InChI=1S/C22H32O5/c1-12-15(24)9-14-10-18-21(5,27-18)8-7-17-22(6,26-17)11-16(25-13(2)23)19(12)20(14,3)4/h14,16-19H,1,7-11H2,2-6H3/t14-,16+,17?,18?,19-,21-,22-/m0/s1. The monoisotopic (exact) mass is 376 g/mol. The Labute approximate surface area is 161 Å². The maximum atomic E-state index is 12.8. The molecule has 0 spiro atoms. The molecule has 2 heterocycles. The number of carbonyl (C=O) groups is 2. The molecule has 2 aliphatic carbocycles. The Morgan fingerprint density at radius 3 is 2.48 bits per heavy atom. The second-order valence-corrected chi connectivity index (χ2v) is 10.1. The Bertz CT molecular complexity index is 697. The molecule has 0 radical (unpaired) electrons. The summed E-state index contributed by atoms with van der Waals surface area (Å²) in [5.41, 5.74) is -0.0192. The van der Waals surface area contributed by atoms with Crippen molar-refractivity contribution in [3.05, 3.63) is 12.2 Å². The van der Waals surface area contributed by atoms with Crippen LogP contribution >= 0.6 is 0 Å². The summed E-state index contributed by atoms with van der Waals surface area (Å²) < 4.78 is 17.9. The lowest BCUT2D eigenvalue weighted by molar-refractivity contribution is -0.155. The molecule has 0 N–H and O–H groups in total. The van der Waals surface area contributed by atoms with Crippen molar-refractivity contribution >= 4 is 11.8 Å². The molecule has 7 atom stereocenters. The third kappa shape index (κ3) is 3.17. The zero-order chi connectivity index (χ0) is 19.8. The molecule has 0 aromatic rings. The largest absolute Gasteiger partial charge is 0.462 e. The number of rotatable bonds is 1. The zero-order valence-electron chi connectivity index (χ0n) is 17.2. The first-order valence-corrected chi connectivity index (χ1v) is 10.2. The van der Waals surface area contributed by atoms with Gasteiger partial charge in [-0.15, -0.1) is 0 Å². The number of ether oxygens (including phenoxy) is 3. The molecule has 2 unspecified atom stereocenters. The maximum Gasteiger partial charge on any atom is 0.302 e. The fraction of sp³-hybridized carbons (Fsp3) is 0.818. The summed E-state index contributed by atoms with van der Waals surface area (Å²) in [4.78, 5) is 24.7. The molecule has 4 aliphatic rings. The van der Waals surface area contributed by atoms with Gasteiger partial charge >= 0.3 is 5.97 Å². The van der Waals surface area contributed by atoms with Gasteiger partial charge in [0.25, 0.3) is 0 Å².